The van der Waals surface area contributed by atoms with Gasteiger partial charge in [-0.05, 0) is 64.6 Å². The smallest absolute Gasteiger partial charge is 0.224 e. The second kappa shape index (κ2) is 9.20. The van der Waals surface area contributed by atoms with E-state index in [1.165, 1.54) is 37.1 Å². The molecule has 1 saturated heterocycles. The monoisotopic (exact) mass is 376 g/mol. The molecule has 1 aromatic heterocycles. The van der Waals surface area contributed by atoms with E-state index in [1.54, 1.807) is 0 Å². The van der Waals surface area contributed by atoms with Gasteiger partial charge >= 0.3 is 0 Å². The predicted molar refractivity (Wildman–Crippen MR) is 107 cm³/mol. The van der Waals surface area contributed by atoms with Crippen molar-refractivity contribution < 1.29 is 9.53 Å². The molecule has 1 amide bonds. The Bertz CT molecular complexity index is 614. The highest BCUT2D eigenvalue weighted by molar-refractivity contribution is 5.76. The van der Waals surface area contributed by atoms with E-state index in [-0.39, 0.29) is 12.0 Å². The van der Waals surface area contributed by atoms with Crippen LogP contribution in [0.4, 0.5) is 0 Å². The van der Waals surface area contributed by atoms with E-state index >= 15 is 0 Å². The number of aromatic nitrogens is 2. The zero-order valence-corrected chi connectivity index (χ0v) is 17.5. The first kappa shape index (κ1) is 20.3. The second-order valence-electron chi connectivity index (χ2n) is 8.75. The van der Waals surface area contributed by atoms with Crippen LogP contribution in [0.2, 0.25) is 0 Å². The van der Waals surface area contributed by atoms with Crippen molar-refractivity contribution in [1.82, 2.24) is 19.6 Å². The molecule has 0 spiro atoms. The first-order valence-electron chi connectivity index (χ1n) is 10.5. The standard InChI is InChI=1S/C21H36N4O2/c1-23(2)15-18-12-20(22-25(18)4)17-9-7-16(8-10-17)14-24(3)21(26)13-19-6-5-11-27-19/h12,16-17,19H,5-11,13-15H2,1-4H3/t16?,17?,19-/m1/s1. The van der Waals surface area contributed by atoms with Crippen molar-refractivity contribution in [3.8, 4) is 0 Å². The number of hydrogen-bond acceptors (Lipinski definition) is 4. The molecule has 0 N–H and O–H groups in total. The van der Waals surface area contributed by atoms with Crippen molar-refractivity contribution >= 4 is 5.91 Å². The molecule has 2 aliphatic rings. The topological polar surface area (TPSA) is 50.6 Å². The van der Waals surface area contributed by atoms with Gasteiger partial charge in [0.05, 0.1) is 23.9 Å². The first-order valence-corrected chi connectivity index (χ1v) is 10.5. The maximum Gasteiger partial charge on any atom is 0.224 e. The lowest BCUT2D eigenvalue weighted by atomic mass is 9.80. The Balaban J connectivity index is 1.45. The Labute approximate surface area is 163 Å². The third-order valence-corrected chi connectivity index (χ3v) is 6.12. The summed E-state index contributed by atoms with van der Waals surface area (Å²) in [5, 5.41) is 4.77. The summed E-state index contributed by atoms with van der Waals surface area (Å²) < 4.78 is 7.63. The second-order valence-corrected chi connectivity index (χ2v) is 8.75. The number of aryl methyl sites for hydroxylation is 1. The van der Waals surface area contributed by atoms with Gasteiger partial charge in [-0.3, -0.25) is 9.48 Å². The molecule has 0 bridgehead atoms. The summed E-state index contributed by atoms with van der Waals surface area (Å²) in [6.07, 6.45) is 7.54. The minimum absolute atomic E-state index is 0.149. The van der Waals surface area contributed by atoms with Crippen LogP contribution < -0.4 is 0 Å². The predicted octanol–water partition coefficient (Wildman–Crippen LogP) is 2.78. The van der Waals surface area contributed by atoms with Crippen molar-refractivity contribution in [2.24, 2.45) is 13.0 Å². The highest BCUT2D eigenvalue weighted by Gasteiger charge is 2.27. The highest BCUT2D eigenvalue weighted by atomic mass is 16.5. The quantitative estimate of drug-likeness (QED) is 0.734. The molecule has 2 fully saturated rings. The third-order valence-electron chi connectivity index (χ3n) is 6.12. The molecule has 2 heterocycles. The van der Waals surface area contributed by atoms with Gasteiger partial charge in [0.2, 0.25) is 5.91 Å². The van der Waals surface area contributed by atoms with E-state index in [9.17, 15) is 4.79 Å². The zero-order chi connectivity index (χ0) is 19.4. The molecule has 152 valence electrons. The lowest BCUT2D eigenvalue weighted by Gasteiger charge is -2.31. The van der Waals surface area contributed by atoms with Crippen molar-refractivity contribution in [3.05, 3.63) is 17.5 Å². The maximum absolute atomic E-state index is 12.4. The normalized spacial score (nSPS) is 25.9. The fourth-order valence-electron chi connectivity index (χ4n) is 4.49. The molecule has 1 aliphatic heterocycles. The average molecular weight is 377 g/mol. The van der Waals surface area contributed by atoms with Crippen LogP contribution in [0.25, 0.3) is 0 Å². The lowest BCUT2D eigenvalue weighted by Crippen LogP contribution is -2.35. The minimum atomic E-state index is 0.149. The van der Waals surface area contributed by atoms with E-state index < -0.39 is 0 Å². The highest BCUT2D eigenvalue weighted by Crippen LogP contribution is 2.35. The summed E-state index contributed by atoms with van der Waals surface area (Å²) in [5.74, 6) is 1.42. The van der Waals surface area contributed by atoms with Gasteiger partial charge in [0.15, 0.2) is 0 Å². The van der Waals surface area contributed by atoms with E-state index in [0.29, 0.717) is 18.3 Å². The zero-order valence-electron chi connectivity index (χ0n) is 17.5. The molecular formula is C21H36N4O2. The summed E-state index contributed by atoms with van der Waals surface area (Å²) in [7, 11) is 8.18. The molecule has 1 aromatic rings. The van der Waals surface area contributed by atoms with Crippen LogP contribution in [0.1, 0.15) is 62.3 Å². The van der Waals surface area contributed by atoms with Crippen LogP contribution in [0.3, 0.4) is 0 Å². The van der Waals surface area contributed by atoms with Gasteiger partial charge in [0.25, 0.3) is 0 Å². The summed E-state index contributed by atoms with van der Waals surface area (Å²) in [4.78, 5) is 16.5. The average Bonchev–Trinajstić information content (AvgIpc) is 3.25. The van der Waals surface area contributed by atoms with Crippen LogP contribution in [0.5, 0.6) is 0 Å². The third kappa shape index (κ3) is 5.55. The molecule has 6 nitrogen and oxygen atoms in total. The summed E-state index contributed by atoms with van der Waals surface area (Å²) in [6, 6.07) is 2.28. The van der Waals surface area contributed by atoms with Crippen LogP contribution in [-0.4, -0.2) is 65.9 Å². The number of hydrogen-bond donors (Lipinski definition) is 0. The van der Waals surface area contributed by atoms with Gasteiger partial charge in [-0.15, -0.1) is 0 Å². The molecule has 0 unspecified atom stereocenters. The molecule has 0 aromatic carbocycles. The largest absolute Gasteiger partial charge is 0.378 e. The Kier molecular flexibility index (Phi) is 6.93. The molecule has 3 rings (SSSR count). The summed E-state index contributed by atoms with van der Waals surface area (Å²) in [6.45, 7) is 2.62. The van der Waals surface area contributed by atoms with Crippen LogP contribution in [0.15, 0.2) is 6.07 Å². The molecule has 0 radical (unpaired) electrons. The molecule has 1 atom stereocenters. The maximum atomic E-state index is 12.4. The number of rotatable bonds is 7. The Morgan fingerprint density at radius 2 is 1.96 bits per heavy atom. The number of ether oxygens (including phenoxy) is 1. The van der Waals surface area contributed by atoms with Crippen molar-refractivity contribution in [1.29, 1.82) is 0 Å². The van der Waals surface area contributed by atoms with E-state index in [1.807, 2.05) is 23.7 Å². The number of amides is 1. The van der Waals surface area contributed by atoms with Crippen LogP contribution >= 0.6 is 0 Å². The lowest BCUT2D eigenvalue weighted by molar-refractivity contribution is -0.132. The fourth-order valence-corrected chi connectivity index (χ4v) is 4.49. The van der Waals surface area contributed by atoms with Crippen molar-refractivity contribution in [2.75, 3.05) is 34.3 Å². The SMILES string of the molecule is CN(C)Cc1cc(C2CCC(CN(C)C(=O)C[C@H]3CCCO3)CC2)nn1C. The van der Waals surface area contributed by atoms with Gasteiger partial charge in [0, 0.05) is 39.7 Å². The molecule has 6 heteroatoms. The van der Waals surface area contributed by atoms with Crippen molar-refractivity contribution in [2.45, 2.75) is 63.5 Å². The van der Waals surface area contributed by atoms with E-state index in [2.05, 4.69) is 25.1 Å². The van der Waals surface area contributed by atoms with Crippen LogP contribution in [-0.2, 0) is 23.1 Å². The number of nitrogens with zero attached hydrogens (tertiary/aromatic N) is 4. The molecule has 1 aliphatic carbocycles. The molecule has 1 saturated carbocycles. The Hall–Kier alpha value is -1.40. The number of carbonyl (C=O) groups is 1. The van der Waals surface area contributed by atoms with E-state index in [4.69, 9.17) is 9.84 Å². The first-order chi connectivity index (χ1) is 12.9. The van der Waals surface area contributed by atoms with Gasteiger partial charge in [0.1, 0.15) is 0 Å². The van der Waals surface area contributed by atoms with E-state index in [0.717, 1.165) is 32.5 Å². The van der Waals surface area contributed by atoms with Gasteiger partial charge in [-0.2, -0.15) is 5.10 Å². The minimum Gasteiger partial charge on any atom is -0.378 e. The van der Waals surface area contributed by atoms with Crippen LogP contribution in [0, 0.1) is 5.92 Å². The van der Waals surface area contributed by atoms with Crippen molar-refractivity contribution in [3.63, 3.8) is 0 Å². The Morgan fingerprint density at radius 1 is 1.22 bits per heavy atom. The van der Waals surface area contributed by atoms with Gasteiger partial charge in [-0.25, -0.2) is 0 Å². The molecular weight excluding hydrogens is 340 g/mol. The fraction of sp³-hybridized carbons (Fsp3) is 0.810. The summed E-state index contributed by atoms with van der Waals surface area (Å²) in [5.41, 5.74) is 2.52. The number of carbonyl (C=O) groups excluding carboxylic acids is 1. The molecule has 27 heavy (non-hydrogen) atoms. The van der Waals surface area contributed by atoms with Gasteiger partial charge < -0.3 is 14.5 Å². The summed E-state index contributed by atoms with van der Waals surface area (Å²) >= 11 is 0. The van der Waals surface area contributed by atoms with Gasteiger partial charge in [-0.1, -0.05) is 0 Å². The Morgan fingerprint density at radius 3 is 2.59 bits per heavy atom.